The van der Waals surface area contributed by atoms with Crippen LogP contribution in [0.2, 0.25) is 0 Å². The quantitative estimate of drug-likeness (QED) is 0.660. The average Bonchev–Trinajstić information content (AvgIpc) is 2.38. The molecule has 0 aliphatic rings. The number of aromatic nitrogens is 2. The highest BCUT2D eigenvalue weighted by Crippen LogP contribution is 2.19. The Bertz CT molecular complexity index is 398. The predicted octanol–water partition coefficient (Wildman–Crippen LogP) is 1.33. The normalized spacial score (nSPS) is 12.3. The van der Waals surface area contributed by atoms with E-state index >= 15 is 0 Å². The van der Waals surface area contributed by atoms with Gasteiger partial charge < -0.3 is 20.5 Å². The van der Waals surface area contributed by atoms with Crippen molar-refractivity contribution in [1.82, 2.24) is 9.97 Å². The van der Waals surface area contributed by atoms with Crippen LogP contribution in [0.3, 0.4) is 0 Å². The molecular formula is C13H24N4O2. The average molecular weight is 268 g/mol. The fraction of sp³-hybridized carbons (Fsp3) is 0.692. The summed E-state index contributed by atoms with van der Waals surface area (Å²) in [7, 11) is 1.57. The van der Waals surface area contributed by atoms with Gasteiger partial charge in [-0.3, -0.25) is 0 Å². The Morgan fingerprint density at radius 1 is 1.21 bits per heavy atom. The number of hydrogen-bond acceptors (Lipinski definition) is 6. The van der Waals surface area contributed by atoms with Crippen LogP contribution in [0, 0.1) is 13.8 Å². The highest BCUT2D eigenvalue weighted by Gasteiger charge is 2.10. The summed E-state index contributed by atoms with van der Waals surface area (Å²) in [6, 6.07) is 0. The molecule has 1 rings (SSSR count). The molecule has 6 heteroatoms. The number of nitrogens with zero attached hydrogens (tertiary/aromatic N) is 2. The number of hydrogen-bond donors (Lipinski definition) is 3. The van der Waals surface area contributed by atoms with Crippen molar-refractivity contribution in [2.45, 2.75) is 33.3 Å². The van der Waals surface area contributed by atoms with Crippen LogP contribution in [0.5, 0.6) is 0 Å². The zero-order valence-electron chi connectivity index (χ0n) is 12.2. The van der Waals surface area contributed by atoms with Gasteiger partial charge in [0.2, 0.25) is 0 Å². The first-order valence-corrected chi connectivity index (χ1v) is 6.58. The second-order valence-corrected chi connectivity index (χ2v) is 4.51. The van der Waals surface area contributed by atoms with Crippen LogP contribution in [0.4, 0.5) is 11.6 Å². The summed E-state index contributed by atoms with van der Waals surface area (Å²) in [6.45, 7) is 7.50. The number of rotatable bonds is 8. The van der Waals surface area contributed by atoms with Crippen molar-refractivity contribution in [2.24, 2.45) is 0 Å². The van der Waals surface area contributed by atoms with E-state index in [1.165, 1.54) is 0 Å². The molecule has 6 nitrogen and oxygen atoms in total. The molecule has 0 fully saturated rings. The van der Waals surface area contributed by atoms with Crippen molar-refractivity contribution >= 4 is 11.6 Å². The Morgan fingerprint density at radius 3 is 2.42 bits per heavy atom. The zero-order chi connectivity index (χ0) is 14.3. The number of ether oxygens (including phenoxy) is 1. The Balaban J connectivity index is 2.74. The number of aryl methyl sites for hydroxylation is 1. The third-order valence-electron chi connectivity index (χ3n) is 2.66. The van der Waals surface area contributed by atoms with Gasteiger partial charge in [0, 0.05) is 25.8 Å². The van der Waals surface area contributed by atoms with Gasteiger partial charge in [-0.2, -0.15) is 0 Å². The van der Waals surface area contributed by atoms with E-state index in [9.17, 15) is 5.11 Å². The number of aliphatic hydroxyl groups is 1. The molecule has 0 saturated carbocycles. The maximum Gasteiger partial charge on any atom is 0.134 e. The van der Waals surface area contributed by atoms with E-state index in [2.05, 4.69) is 27.5 Å². The monoisotopic (exact) mass is 268 g/mol. The molecule has 0 aliphatic heterocycles. The van der Waals surface area contributed by atoms with Crippen LogP contribution < -0.4 is 10.6 Å². The van der Waals surface area contributed by atoms with Gasteiger partial charge in [-0.25, -0.2) is 9.97 Å². The molecule has 0 bridgehead atoms. The Hall–Kier alpha value is -1.40. The molecule has 3 N–H and O–H groups in total. The molecule has 19 heavy (non-hydrogen) atoms. The number of methoxy groups -OCH3 is 1. The second-order valence-electron chi connectivity index (χ2n) is 4.51. The number of nitrogens with one attached hydrogen (secondary N) is 2. The molecule has 0 spiro atoms. The molecule has 0 aliphatic carbocycles. The summed E-state index contributed by atoms with van der Waals surface area (Å²) < 4.78 is 4.89. The van der Waals surface area contributed by atoms with E-state index in [4.69, 9.17) is 4.74 Å². The van der Waals surface area contributed by atoms with Crippen molar-refractivity contribution in [3.8, 4) is 0 Å². The summed E-state index contributed by atoms with van der Waals surface area (Å²) in [5, 5.41) is 16.0. The molecule has 1 aromatic rings. The maximum atomic E-state index is 9.63. The lowest BCUT2D eigenvalue weighted by molar-refractivity contribution is 0.0727. The molecule has 1 atom stereocenters. The summed E-state index contributed by atoms with van der Waals surface area (Å²) >= 11 is 0. The first kappa shape index (κ1) is 15.7. The van der Waals surface area contributed by atoms with Gasteiger partial charge in [0.1, 0.15) is 17.5 Å². The molecule has 0 amide bonds. The molecule has 1 aromatic heterocycles. The van der Waals surface area contributed by atoms with Crippen LogP contribution in [-0.2, 0) is 4.74 Å². The van der Waals surface area contributed by atoms with Gasteiger partial charge in [-0.05, 0) is 20.3 Å². The van der Waals surface area contributed by atoms with Gasteiger partial charge in [0.25, 0.3) is 0 Å². The molecule has 0 aromatic carbocycles. The third kappa shape index (κ3) is 5.00. The summed E-state index contributed by atoms with van der Waals surface area (Å²) in [5.74, 6) is 2.30. The fourth-order valence-corrected chi connectivity index (χ4v) is 1.68. The number of anilines is 2. The van der Waals surface area contributed by atoms with Crippen LogP contribution in [0.15, 0.2) is 0 Å². The lowest BCUT2D eigenvalue weighted by Crippen LogP contribution is -2.25. The summed E-state index contributed by atoms with van der Waals surface area (Å²) in [5.41, 5.74) is 0.962. The van der Waals surface area contributed by atoms with E-state index in [0.717, 1.165) is 30.2 Å². The second kappa shape index (κ2) is 7.91. The van der Waals surface area contributed by atoms with E-state index in [1.807, 2.05) is 13.8 Å². The van der Waals surface area contributed by atoms with Gasteiger partial charge in [-0.1, -0.05) is 6.92 Å². The van der Waals surface area contributed by atoms with Crippen LogP contribution in [0.1, 0.15) is 24.7 Å². The highest BCUT2D eigenvalue weighted by atomic mass is 16.5. The maximum absolute atomic E-state index is 9.63. The van der Waals surface area contributed by atoms with Crippen molar-refractivity contribution in [3.63, 3.8) is 0 Å². The van der Waals surface area contributed by atoms with Gasteiger partial charge >= 0.3 is 0 Å². The molecule has 1 unspecified atom stereocenters. The highest BCUT2D eigenvalue weighted by molar-refractivity contribution is 5.57. The van der Waals surface area contributed by atoms with Crippen molar-refractivity contribution < 1.29 is 9.84 Å². The lowest BCUT2D eigenvalue weighted by atomic mass is 10.2. The molecule has 1 heterocycles. The number of aliphatic hydroxyl groups excluding tert-OH is 1. The van der Waals surface area contributed by atoms with E-state index in [-0.39, 0.29) is 0 Å². The standard InChI is InChI=1S/C13H24N4O2/c1-5-6-14-12-9(2)13(17-10(3)16-12)15-7-11(18)8-19-4/h11,18H,5-8H2,1-4H3,(H2,14,15,16,17). The van der Waals surface area contributed by atoms with Crippen LogP contribution >= 0.6 is 0 Å². The van der Waals surface area contributed by atoms with Crippen molar-refractivity contribution in [3.05, 3.63) is 11.4 Å². The molecule has 108 valence electrons. The Kier molecular flexibility index (Phi) is 6.52. The molecular weight excluding hydrogens is 244 g/mol. The van der Waals surface area contributed by atoms with E-state index in [1.54, 1.807) is 7.11 Å². The largest absolute Gasteiger partial charge is 0.389 e. The van der Waals surface area contributed by atoms with Gasteiger partial charge in [0.05, 0.1) is 12.7 Å². The smallest absolute Gasteiger partial charge is 0.134 e. The fourth-order valence-electron chi connectivity index (χ4n) is 1.68. The first-order valence-electron chi connectivity index (χ1n) is 6.58. The van der Waals surface area contributed by atoms with Crippen LogP contribution in [0.25, 0.3) is 0 Å². The van der Waals surface area contributed by atoms with Crippen LogP contribution in [-0.4, -0.2) is 48.0 Å². The summed E-state index contributed by atoms with van der Waals surface area (Å²) in [4.78, 5) is 8.74. The third-order valence-corrected chi connectivity index (χ3v) is 2.66. The minimum Gasteiger partial charge on any atom is -0.389 e. The summed E-state index contributed by atoms with van der Waals surface area (Å²) in [6.07, 6.45) is 0.490. The SMILES string of the molecule is CCCNc1nc(C)nc(NCC(O)COC)c1C. The predicted molar refractivity (Wildman–Crippen MR) is 76.7 cm³/mol. The lowest BCUT2D eigenvalue weighted by Gasteiger charge is -2.16. The van der Waals surface area contributed by atoms with E-state index < -0.39 is 6.10 Å². The minimum absolute atomic E-state index is 0.303. The Morgan fingerprint density at radius 2 is 1.84 bits per heavy atom. The van der Waals surface area contributed by atoms with Crippen molar-refractivity contribution in [2.75, 3.05) is 37.4 Å². The van der Waals surface area contributed by atoms with Gasteiger partial charge in [0.15, 0.2) is 0 Å². The van der Waals surface area contributed by atoms with E-state index in [0.29, 0.717) is 19.0 Å². The minimum atomic E-state index is -0.549. The Labute approximate surface area is 114 Å². The zero-order valence-corrected chi connectivity index (χ0v) is 12.2. The molecule has 0 saturated heterocycles. The van der Waals surface area contributed by atoms with Crippen molar-refractivity contribution in [1.29, 1.82) is 0 Å². The first-order chi connectivity index (χ1) is 9.08. The molecule has 0 radical (unpaired) electrons. The van der Waals surface area contributed by atoms with Gasteiger partial charge in [-0.15, -0.1) is 0 Å². The topological polar surface area (TPSA) is 79.3 Å².